The summed E-state index contributed by atoms with van der Waals surface area (Å²) in [5.41, 5.74) is 6.79. The lowest BCUT2D eigenvalue weighted by molar-refractivity contribution is 0.0996. The van der Waals surface area contributed by atoms with Gasteiger partial charge >= 0.3 is 5.76 Å². The number of benzene rings is 2. The highest BCUT2D eigenvalue weighted by Crippen LogP contribution is 2.30. The van der Waals surface area contributed by atoms with Crippen LogP contribution in [0.2, 0.25) is 0 Å². The first-order chi connectivity index (χ1) is 14.2. The number of hydrogen-bond donors (Lipinski definition) is 2. The molecule has 1 heterocycles. The van der Waals surface area contributed by atoms with E-state index < -0.39 is 32.3 Å². The van der Waals surface area contributed by atoms with Crippen molar-refractivity contribution in [2.24, 2.45) is 5.73 Å². The summed E-state index contributed by atoms with van der Waals surface area (Å²) in [6.45, 7) is 1.61. The molecule has 0 atom stereocenters. The van der Waals surface area contributed by atoms with E-state index in [0.717, 1.165) is 62.3 Å². The number of primary amides is 1. The topological polar surface area (TPSA) is 110 Å². The Morgan fingerprint density at radius 2 is 1.57 bits per heavy atom. The predicted octanol–water partition coefficient (Wildman–Crippen LogP) is 3.02. The molecule has 160 valence electrons. The minimum atomic E-state index is -4.74. The van der Waals surface area contributed by atoms with Gasteiger partial charge in [-0.25, -0.2) is 8.42 Å². The molecule has 2 amide bonds. The van der Waals surface area contributed by atoms with Gasteiger partial charge in [-0.2, -0.15) is 8.78 Å². The highest BCUT2D eigenvalue weighted by molar-refractivity contribution is 7.91. The first-order valence-corrected chi connectivity index (χ1v) is 10.9. The molecule has 2 aromatic rings. The van der Waals surface area contributed by atoms with Crippen LogP contribution in [0.4, 0.5) is 20.2 Å². The molecule has 0 aliphatic carbocycles. The Hall–Kier alpha value is -3.01. The molecule has 0 unspecified atom stereocenters. The van der Waals surface area contributed by atoms with Crippen LogP contribution >= 0.6 is 0 Å². The highest BCUT2D eigenvalue weighted by atomic mass is 32.2. The van der Waals surface area contributed by atoms with Crippen LogP contribution in [0.5, 0.6) is 0 Å². The lowest BCUT2D eigenvalue weighted by Gasteiger charge is -2.30. The van der Waals surface area contributed by atoms with Gasteiger partial charge in [0.1, 0.15) is 0 Å². The van der Waals surface area contributed by atoms with Crippen molar-refractivity contribution < 1.29 is 26.8 Å². The second-order valence-corrected chi connectivity index (χ2v) is 8.85. The number of amides is 2. The molecule has 3 N–H and O–H groups in total. The van der Waals surface area contributed by atoms with E-state index in [4.69, 9.17) is 5.73 Å². The lowest BCUT2D eigenvalue weighted by Crippen LogP contribution is -2.30. The summed E-state index contributed by atoms with van der Waals surface area (Å²) in [7, 11) is -4.74. The van der Waals surface area contributed by atoms with Gasteiger partial charge < -0.3 is 16.0 Å². The van der Waals surface area contributed by atoms with Gasteiger partial charge in [0, 0.05) is 24.2 Å². The molecular weight excluding hydrogens is 416 g/mol. The molecule has 30 heavy (non-hydrogen) atoms. The highest BCUT2D eigenvalue weighted by Gasteiger charge is 2.26. The molecule has 2 aromatic carbocycles. The number of halogens is 2. The molecule has 1 saturated heterocycles. The first-order valence-electron chi connectivity index (χ1n) is 9.32. The van der Waals surface area contributed by atoms with E-state index in [1.165, 1.54) is 6.07 Å². The van der Waals surface area contributed by atoms with Crippen molar-refractivity contribution in [3.8, 4) is 0 Å². The number of nitrogens with two attached hydrogens (primary N) is 1. The van der Waals surface area contributed by atoms with Crippen molar-refractivity contribution in [2.75, 3.05) is 23.3 Å². The number of rotatable bonds is 6. The number of piperidine rings is 1. The summed E-state index contributed by atoms with van der Waals surface area (Å²) >= 11 is 0. The maximum Gasteiger partial charge on any atom is 0.341 e. The molecule has 0 saturated carbocycles. The fourth-order valence-electron chi connectivity index (χ4n) is 3.29. The Kier molecular flexibility index (Phi) is 6.35. The summed E-state index contributed by atoms with van der Waals surface area (Å²) < 4.78 is 48.4. The van der Waals surface area contributed by atoms with Crippen molar-refractivity contribution >= 4 is 33.0 Å². The number of carbonyl (C=O) groups excluding carboxylic acids is 2. The van der Waals surface area contributed by atoms with Gasteiger partial charge in [-0.3, -0.25) is 9.59 Å². The Bertz CT molecular complexity index is 1050. The van der Waals surface area contributed by atoms with Crippen LogP contribution in [0.15, 0.2) is 47.4 Å². The summed E-state index contributed by atoms with van der Waals surface area (Å²) in [6.07, 6.45) is 3.13. The number of carbonyl (C=O) groups is 2. The van der Waals surface area contributed by atoms with E-state index in [-0.39, 0.29) is 11.1 Å². The third-order valence-corrected chi connectivity index (χ3v) is 6.30. The van der Waals surface area contributed by atoms with Crippen LogP contribution in [0, 0.1) is 0 Å². The Morgan fingerprint density at radius 3 is 2.13 bits per heavy atom. The molecule has 1 aliphatic heterocycles. The molecule has 0 bridgehead atoms. The molecule has 1 fully saturated rings. The zero-order chi connectivity index (χ0) is 21.9. The van der Waals surface area contributed by atoms with E-state index in [1.807, 2.05) is 0 Å². The number of anilines is 2. The number of hydrogen-bond acceptors (Lipinski definition) is 5. The van der Waals surface area contributed by atoms with Crippen molar-refractivity contribution in [2.45, 2.75) is 29.9 Å². The fraction of sp³-hybridized carbons (Fsp3) is 0.300. The molecule has 10 heteroatoms. The quantitative estimate of drug-likeness (QED) is 0.722. The zero-order valence-electron chi connectivity index (χ0n) is 16.0. The average molecular weight is 437 g/mol. The van der Waals surface area contributed by atoms with E-state index >= 15 is 0 Å². The number of nitrogens with zero attached hydrogens (tertiary/aromatic N) is 1. The third kappa shape index (κ3) is 4.59. The second-order valence-electron chi connectivity index (χ2n) is 6.93. The number of nitrogens with one attached hydrogen (secondary N) is 1. The fourth-order valence-corrected chi connectivity index (χ4v) is 4.01. The van der Waals surface area contributed by atoms with Crippen LogP contribution in [0.1, 0.15) is 40.0 Å². The minimum absolute atomic E-state index is 0.0808. The van der Waals surface area contributed by atoms with Crippen LogP contribution < -0.4 is 16.0 Å². The predicted molar refractivity (Wildman–Crippen MR) is 109 cm³/mol. The normalized spacial score (nSPS) is 14.6. The lowest BCUT2D eigenvalue weighted by atomic mass is 10.1. The average Bonchev–Trinajstić information content (AvgIpc) is 2.74. The Morgan fingerprint density at radius 1 is 0.967 bits per heavy atom. The summed E-state index contributed by atoms with van der Waals surface area (Å²) in [4.78, 5) is 25.8. The largest absolute Gasteiger partial charge is 0.370 e. The Balaban J connectivity index is 1.88. The van der Waals surface area contributed by atoms with E-state index in [2.05, 4.69) is 10.2 Å². The minimum Gasteiger partial charge on any atom is -0.370 e. The zero-order valence-corrected chi connectivity index (χ0v) is 16.8. The Labute approximate surface area is 172 Å². The van der Waals surface area contributed by atoms with Crippen LogP contribution in [-0.2, 0) is 9.84 Å². The molecule has 7 nitrogen and oxygen atoms in total. The summed E-state index contributed by atoms with van der Waals surface area (Å²) in [6, 6.07) is 9.03. The standard InChI is InChI=1S/C20H21F2N3O4S/c21-20(22)30(28,29)15-7-4-13(5-8-15)19(27)24-16-12-14(18(23)26)6-9-17(16)25-10-2-1-3-11-25/h4-9,12,20H,1-3,10-11H2,(H2,23,26)(H,24,27). The van der Waals surface area contributed by atoms with Gasteiger partial charge in [0.05, 0.1) is 16.3 Å². The van der Waals surface area contributed by atoms with Crippen molar-refractivity contribution in [1.29, 1.82) is 0 Å². The molecule has 0 aromatic heterocycles. The first kappa shape index (κ1) is 21.7. The van der Waals surface area contributed by atoms with Crippen molar-refractivity contribution in [3.05, 3.63) is 53.6 Å². The van der Waals surface area contributed by atoms with Gasteiger partial charge in [0.25, 0.3) is 5.91 Å². The SMILES string of the molecule is NC(=O)c1ccc(N2CCCCC2)c(NC(=O)c2ccc(S(=O)(=O)C(F)F)cc2)c1. The van der Waals surface area contributed by atoms with E-state index in [9.17, 15) is 26.8 Å². The molecular formula is C20H21F2N3O4S. The molecule has 3 rings (SSSR count). The third-order valence-electron chi connectivity index (χ3n) is 4.91. The van der Waals surface area contributed by atoms with Gasteiger partial charge in [-0.1, -0.05) is 0 Å². The van der Waals surface area contributed by atoms with E-state index in [0.29, 0.717) is 5.69 Å². The van der Waals surface area contributed by atoms with E-state index in [1.54, 1.807) is 12.1 Å². The van der Waals surface area contributed by atoms with Crippen LogP contribution in [0.25, 0.3) is 0 Å². The monoisotopic (exact) mass is 437 g/mol. The number of sulfone groups is 1. The van der Waals surface area contributed by atoms with Crippen LogP contribution in [0.3, 0.4) is 0 Å². The van der Waals surface area contributed by atoms with Gasteiger partial charge in [-0.05, 0) is 61.7 Å². The smallest absolute Gasteiger partial charge is 0.341 e. The molecule has 0 spiro atoms. The second kappa shape index (κ2) is 8.78. The maximum atomic E-state index is 12.7. The number of alkyl halides is 2. The van der Waals surface area contributed by atoms with Crippen molar-refractivity contribution in [1.82, 2.24) is 0 Å². The maximum absolute atomic E-state index is 12.7. The molecule has 0 radical (unpaired) electrons. The van der Waals surface area contributed by atoms with Gasteiger partial charge in [-0.15, -0.1) is 0 Å². The van der Waals surface area contributed by atoms with Crippen LogP contribution in [-0.4, -0.2) is 39.1 Å². The van der Waals surface area contributed by atoms with Gasteiger partial charge in [0.15, 0.2) is 0 Å². The van der Waals surface area contributed by atoms with Crippen molar-refractivity contribution in [3.63, 3.8) is 0 Å². The van der Waals surface area contributed by atoms with Gasteiger partial charge in [0.2, 0.25) is 15.7 Å². The molecule has 1 aliphatic rings. The summed E-state index contributed by atoms with van der Waals surface area (Å²) in [5, 5.41) is 2.71. The summed E-state index contributed by atoms with van der Waals surface area (Å²) in [5.74, 6) is -4.76.